The Morgan fingerprint density at radius 3 is 2.26 bits per heavy atom. The zero-order chi connectivity index (χ0) is 21.6. The first-order chi connectivity index (χ1) is 15.1. The molecule has 166 valence electrons. The van der Waals surface area contributed by atoms with Crippen molar-refractivity contribution in [3.8, 4) is 0 Å². The Kier molecular flexibility index (Phi) is 7.10. The largest absolute Gasteiger partial charge is 0.378 e. The van der Waals surface area contributed by atoms with Gasteiger partial charge < -0.3 is 19.4 Å². The standard InChI is InChI=1S/C25H34N4O2/c1-21(25(30)29-14-12-27(13-15-29)23-9-4-3-5-10-23)26(2)20-22-8-6-7-11-24(22)28-16-18-31-19-17-28/h3-11,21H,12-20H2,1-2H3/t21-/m1/s1. The minimum Gasteiger partial charge on any atom is -0.378 e. The summed E-state index contributed by atoms with van der Waals surface area (Å²) in [5.41, 5.74) is 3.76. The molecule has 0 unspecified atom stereocenters. The number of carbonyl (C=O) groups excluding carboxylic acids is 1. The number of piperazine rings is 1. The third-order valence-corrected chi connectivity index (χ3v) is 6.49. The second kappa shape index (κ2) is 10.2. The molecule has 2 aliphatic rings. The van der Waals surface area contributed by atoms with Gasteiger partial charge in [0, 0.05) is 57.2 Å². The van der Waals surface area contributed by atoms with Gasteiger partial charge in [-0.3, -0.25) is 9.69 Å². The van der Waals surface area contributed by atoms with Crippen LogP contribution in [-0.4, -0.2) is 81.3 Å². The van der Waals surface area contributed by atoms with E-state index in [0.717, 1.165) is 59.0 Å². The molecule has 4 rings (SSSR count). The van der Waals surface area contributed by atoms with Gasteiger partial charge >= 0.3 is 0 Å². The van der Waals surface area contributed by atoms with E-state index in [4.69, 9.17) is 4.74 Å². The van der Waals surface area contributed by atoms with E-state index in [2.05, 4.69) is 70.3 Å². The number of ether oxygens (including phenoxy) is 1. The molecule has 1 amide bonds. The van der Waals surface area contributed by atoms with Crippen LogP contribution in [0.25, 0.3) is 0 Å². The molecule has 2 heterocycles. The average Bonchev–Trinajstić information content (AvgIpc) is 2.84. The lowest BCUT2D eigenvalue weighted by atomic mass is 10.1. The summed E-state index contributed by atoms with van der Waals surface area (Å²) in [6, 6.07) is 18.8. The SMILES string of the molecule is C[C@H](C(=O)N1CCN(c2ccccc2)CC1)N(C)Cc1ccccc1N1CCOCC1. The molecular formula is C25H34N4O2. The molecule has 0 spiro atoms. The maximum absolute atomic E-state index is 13.2. The predicted octanol–water partition coefficient (Wildman–Crippen LogP) is 2.69. The molecule has 6 nitrogen and oxygen atoms in total. The van der Waals surface area contributed by atoms with E-state index in [1.54, 1.807) is 0 Å². The van der Waals surface area contributed by atoms with Crippen molar-refractivity contribution < 1.29 is 9.53 Å². The number of hydrogen-bond donors (Lipinski definition) is 0. The topological polar surface area (TPSA) is 39.3 Å². The van der Waals surface area contributed by atoms with Crippen LogP contribution in [0, 0.1) is 0 Å². The highest BCUT2D eigenvalue weighted by Crippen LogP contribution is 2.24. The molecule has 0 N–H and O–H groups in total. The predicted molar refractivity (Wildman–Crippen MR) is 126 cm³/mol. The Morgan fingerprint density at radius 1 is 0.903 bits per heavy atom. The molecule has 2 aliphatic heterocycles. The molecule has 31 heavy (non-hydrogen) atoms. The molecule has 0 saturated carbocycles. The molecule has 2 saturated heterocycles. The number of para-hydroxylation sites is 2. The molecule has 2 aromatic rings. The van der Waals surface area contributed by atoms with Crippen LogP contribution in [-0.2, 0) is 16.1 Å². The Bertz CT molecular complexity index is 846. The molecule has 0 radical (unpaired) electrons. The fourth-order valence-electron chi connectivity index (χ4n) is 4.44. The van der Waals surface area contributed by atoms with Crippen molar-refractivity contribution in [2.45, 2.75) is 19.5 Å². The van der Waals surface area contributed by atoms with E-state index in [-0.39, 0.29) is 11.9 Å². The van der Waals surface area contributed by atoms with Gasteiger partial charge in [-0.2, -0.15) is 0 Å². The van der Waals surface area contributed by atoms with Crippen molar-refractivity contribution in [1.29, 1.82) is 0 Å². The van der Waals surface area contributed by atoms with Crippen LogP contribution in [0.5, 0.6) is 0 Å². The molecule has 1 atom stereocenters. The van der Waals surface area contributed by atoms with Crippen LogP contribution in [0.3, 0.4) is 0 Å². The van der Waals surface area contributed by atoms with Crippen LogP contribution in [0.2, 0.25) is 0 Å². The van der Waals surface area contributed by atoms with Gasteiger partial charge in [-0.25, -0.2) is 0 Å². The van der Waals surface area contributed by atoms with Gasteiger partial charge in [-0.1, -0.05) is 36.4 Å². The monoisotopic (exact) mass is 422 g/mol. The van der Waals surface area contributed by atoms with Gasteiger partial charge in [-0.15, -0.1) is 0 Å². The van der Waals surface area contributed by atoms with Crippen molar-refractivity contribution in [2.24, 2.45) is 0 Å². The second-order valence-corrected chi connectivity index (χ2v) is 8.47. The Labute approximate surface area is 186 Å². The van der Waals surface area contributed by atoms with E-state index in [0.29, 0.717) is 0 Å². The van der Waals surface area contributed by atoms with E-state index in [1.165, 1.54) is 16.9 Å². The first kappa shape index (κ1) is 21.7. The zero-order valence-electron chi connectivity index (χ0n) is 18.7. The van der Waals surface area contributed by atoms with Crippen LogP contribution in [0.15, 0.2) is 54.6 Å². The van der Waals surface area contributed by atoms with Crippen LogP contribution < -0.4 is 9.80 Å². The summed E-state index contributed by atoms with van der Waals surface area (Å²) in [5.74, 6) is 0.221. The summed E-state index contributed by atoms with van der Waals surface area (Å²) in [6.45, 7) is 9.47. The van der Waals surface area contributed by atoms with Crippen molar-refractivity contribution in [3.63, 3.8) is 0 Å². The fourth-order valence-corrected chi connectivity index (χ4v) is 4.44. The van der Waals surface area contributed by atoms with Gasteiger partial charge in [0.1, 0.15) is 0 Å². The third-order valence-electron chi connectivity index (χ3n) is 6.49. The first-order valence-corrected chi connectivity index (χ1v) is 11.3. The minimum atomic E-state index is -0.152. The lowest BCUT2D eigenvalue weighted by Gasteiger charge is -2.38. The number of benzene rings is 2. The van der Waals surface area contributed by atoms with E-state index in [9.17, 15) is 4.79 Å². The van der Waals surface area contributed by atoms with Crippen LogP contribution >= 0.6 is 0 Å². The number of nitrogens with zero attached hydrogens (tertiary/aromatic N) is 4. The summed E-state index contributed by atoms with van der Waals surface area (Å²) in [5, 5.41) is 0. The van der Waals surface area contributed by atoms with Crippen LogP contribution in [0.4, 0.5) is 11.4 Å². The van der Waals surface area contributed by atoms with Gasteiger partial charge in [-0.05, 0) is 37.7 Å². The van der Waals surface area contributed by atoms with E-state index < -0.39 is 0 Å². The van der Waals surface area contributed by atoms with Crippen molar-refractivity contribution in [1.82, 2.24) is 9.80 Å². The van der Waals surface area contributed by atoms with E-state index >= 15 is 0 Å². The smallest absolute Gasteiger partial charge is 0.239 e. The summed E-state index contributed by atoms with van der Waals surface area (Å²) < 4.78 is 5.51. The molecule has 2 fully saturated rings. The molecule has 0 bridgehead atoms. The number of carbonyl (C=O) groups is 1. The zero-order valence-corrected chi connectivity index (χ0v) is 18.7. The average molecular weight is 423 g/mol. The quantitative estimate of drug-likeness (QED) is 0.716. The first-order valence-electron chi connectivity index (χ1n) is 11.3. The summed E-state index contributed by atoms with van der Waals surface area (Å²) in [7, 11) is 2.05. The molecule has 0 aromatic heterocycles. The number of anilines is 2. The molecular weight excluding hydrogens is 388 g/mol. The molecule has 0 aliphatic carbocycles. The fraction of sp³-hybridized carbons (Fsp3) is 0.480. The van der Waals surface area contributed by atoms with Crippen molar-refractivity contribution in [2.75, 3.05) is 69.3 Å². The summed E-state index contributed by atoms with van der Waals surface area (Å²) >= 11 is 0. The highest BCUT2D eigenvalue weighted by atomic mass is 16.5. The summed E-state index contributed by atoms with van der Waals surface area (Å²) in [4.78, 5) is 22.1. The lowest BCUT2D eigenvalue weighted by Crippen LogP contribution is -2.53. The second-order valence-electron chi connectivity index (χ2n) is 8.47. The van der Waals surface area contributed by atoms with Gasteiger partial charge in [0.25, 0.3) is 0 Å². The highest BCUT2D eigenvalue weighted by molar-refractivity contribution is 5.81. The van der Waals surface area contributed by atoms with Crippen LogP contribution in [0.1, 0.15) is 12.5 Å². The van der Waals surface area contributed by atoms with Gasteiger partial charge in [0.15, 0.2) is 0 Å². The number of hydrogen-bond acceptors (Lipinski definition) is 5. The summed E-state index contributed by atoms with van der Waals surface area (Å²) in [6.07, 6.45) is 0. The van der Waals surface area contributed by atoms with Gasteiger partial charge in [0.2, 0.25) is 5.91 Å². The van der Waals surface area contributed by atoms with Crippen molar-refractivity contribution in [3.05, 3.63) is 60.2 Å². The molecule has 2 aromatic carbocycles. The lowest BCUT2D eigenvalue weighted by molar-refractivity contribution is -0.136. The minimum absolute atomic E-state index is 0.152. The normalized spacial score (nSPS) is 18.4. The number of morpholine rings is 1. The van der Waals surface area contributed by atoms with Crippen molar-refractivity contribution >= 4 is 17.3 Å². The Balaban J connectivity index is 1.34. The maximum atomic E-state index is 13.2. The highest BCUT2D eigenvalue weighted by Gasteiger charge is 2.28. The maximum Gasteiger partial charge on any atom is 0.239 e. The third kappa shape index (κ3) is 5.20. The number of amides is 1. The Morgan fingerprint density at radius 2 is 1.55 bits per heavy atom. The Hall–Kier alpha value is -2.57. The van der Waals surface area contributed by atoms with Gasteiger partial charge in [0.05, 0.1) is 19.3 Å². The van der Waals surface area contributed by atoms with E-state index in [1.807, 2.05) is 17.9 Å². The number of rotatable bonds is 6. The molecule has 6 heteroatoms. The number of likely N-dealkylation sites (N-methyl/N-ethyl adjacent to an activating group) is 1.